The van der Waals surface area contributed by atoms with E-state index in [-0.39, 0.29) is 18.3 Å². The number of carbonyl (C=O) groups is 2. The van der Waals surface area contributed by atoms with Crippen LogP contribution in [0, 0.1) is 0 Å². The summed E-state index contributed by atoms with van der Waals surface area (Å²) < 4.78 is 10.5. The molecule has 0 amide bonds. The van der Waals surface area contributed by atoms with Gasteiger partial charge in [0.1, 0.15) is 5.41 Å². The van der Waals surface area contributed by atoms with E-state index >= 15 is 0 Å². The molecule has 2 aromatic carbocycles. The highest BCUT2D eigenvalue weighted by Crippen LogP contribution is 2.47. The first kappa shape index (κ1) is 17.9. The van der Waals surface area contributed by atoms with Crippen LogP contribution in [-0.2, 0) is 24.5 Å². The molecule has 1 heterocycles. The second kappa shape index (κ2) is 7.56. The van der Waals surface area contributed by atoms with Gasteiger partial charge in [0.05, 0.1) is 6.61 Å². The fraction of sp³-hybridized carbons (Fsp3) is 0.273. The Morgan fingerprint density at radius 3 is 2.23 bits per heavy atom. The van der Waals surface area contributed by atoms with Crippen LogP contribution in [0.25, 0.3) is 0 Å². The number of benzene rings is 2. The molecule has 2 atom stereocenters. The maximum atomic E-state index is 13.2. The monoisotopic (exact) mass is 350 g/mol. The quantitative estimate of drug-likeness (QED) is 0.761. The first-order valence-corrected chi connectivity index (χ1v) is 8.85. The zero-order chi connectivity index (χ0) is 18.6. The molecule has 0 N–H and O–H groups in total. The van der Waals surface area contributed by atoms with Gasteiger partial charge in [0, 0.05) is 5.92 Å². The summed E-state index contributed by atoms with van der Waals surface area (Å²) in [5.41, 5.74) is 0.940. The predicted octanol–water partition coefficient (Wildman–Crippen LogP) is 4.12. The Balaban J connectivity index is 2.19. The number of hydrogen-bond donors (Lipinski definition) is 0. The molecule has 26 heavy (non-hydrogen) atoms. The van der Waals surface area contributed by atoms with Gasteiger partial charge in [0.25, 0.3) is 0 Å². The lowest BCUT2D eigenvalue weighted by Gasteiger charge is -2.40. The molecule has 0 unspecified atom stereocenters. The maximum absolute atomic E-state index is 13.2. The molecule has 1 aliphatic rings. The van der Waals surface area contributed by atoms with Gasteiger partial charge in [-0.2, -0.15) is 0 Å². The molecule has 1 aliphatic heterocycles. The van der Waals surface area contributed by atoms with E-state index in [1.54, 1.807) is 13.0 Å². The summed E-state index contributed by atoms with van der Waals surface area (Å²) in [6, 6.07) is 19.3. The van der Waals surface area contributed by atoms with Crippen molar-refractivity contribution in [3.63, 3.8) is 0 Å². The third-order valence-electron chi connectivity index (χ3n) is 4.90. The molecule has 0 fully saturated rings. The van der Waals surface area contributed by atoms with Gasteiger partial charge in [-0.15, -0.1) is 0 Å². The van der Waals surface area contributed by atoms with Crippen molar-refractivity contribution in [2.24, 2.45) is 0 Å². The molecular weight excluding hydrogens is 328 g/mol. The van der Waals surface area contributed by atoms with Crippen LogP contribution in [0.4, 0.5) is 0 Å². The van der Waals surface area contributed by atoms with Gasteiger partial charge in [-0.3, -0.25) is 4.79 Å². The number of esters is 2. The summed E-state index contributed by atoms with van der Waals surface area (Å²) >= 11 is 0. The highest BCUT2D eigenvalue weighted by Gasteiger charge is 2.51. The Morgan fingerprint density at radius 1 is 1.04 bits per heavy atom. The largest absolute Gasteiger partial charge is 0.460 e. The topological polar surface area (TPSA) is 52.6 Å². The number of allylic oxidation sites excluding steroid dienone is 1. The first-order valence-electron chi connectivity index (χ1n) is 8.85. The molecule has 0 radical (unpaired) electrons. The molecule has 2 aromatic rings. The molecule has 0 spiro atoms. The molecule has 0 saturated heterocycles. The average molecular weight is 350 g/mol. The van der Waals surface area contributed by atoms with Gasteiger partial charge in [-0.05, 0) is 30.5 Å². The van der Waals surface area contributed by atoms with E-state index in [4.69, 9.17) is 9.47 Å². The van der Waals surface area contributed by atoms with Crippen molar-refractivity contribution in [3.8, 4) is 0 Å². The van der Waals surface area contributed by atoms with E-state index in [0.29, 0.717) is 6.42 Å². The Labute approximate surface area is 153 Å². The summed E-state index contributed by atoms with van der Waals surface area (Å²) in [5, 5.41) is 0. The zero-order valence-electron chi connectivity index (χ0n) is 15.0. The van der Waals surface area contributed by atoms with Crippen LogP contribution in [0.3, 0.4) is 0 Å². The molecule has 0 aromatic heterocycles. The number of cyclic esters (lactones) is 1. The fourth-order valence-corrected chi connectivity index (χ4v) is 3.60. The van der Waals surface area contributed by atoms with E-state index in [1.807, 2.05) is 67.6 Å². The van der Waals surface area contributed by atoms with Gasteiger partial charge >= 0.3 is 11.9 Å². The van der Waals surface area contributed by atoms with Crippen molar-refractivity contribution in [2.75, 3.05) is 6.61 Å². The van der Waals surface area contributed by atoms with Gasteiger partial charge in [-0.25, -0.2) is 4.79 Å². The number of rotatable bonds is 5. The highest BCUT2D eigenvalue weighted by molar-refractivity contribution is 5.95. The van der Waals surface area contributed by atoms with Crippen LogP contribution in [0.2, 0.25) is 0 Å². The molecule has 0 saturated carbocycles. The second-order valence-corrected chi connectivity index (χ2v) is 6.22. The summed E-state index contributed by atoms with van der Waals surface area (Å²) in [4.78, 5) is 25.4. The third-order valence-corrected chi connectivity index (χ3v) is 4.90. The van der Waals surface area contributed by atoms with Crippen molar-refractivity contribution in [1.29, 1.82) is 0 Å². The van der Waals surface area contributed by atoms with Crippen LogP contribution in [0.15, 0.2) is 72.5 Å². The van der Waals surface area contributed by atoms with Gasteiger partial charge in [0.2, 0.25) is 5.76 Å². The van der Waals surface area contributed by atoms with Gasteiger partial charge in [0.15, 0.2) is 0 Å². The summed E-state index contributed by atoms with van der Waals surface area (Å²) in [6.07, 6.45) is 2.27. The van der Waals surface area contributed by atoms with Crippen molar-refractivity contribution in [2.45, 2.75) is 31.6 Å². The van der Waals surface area contributed by atoms with Gasteiger partial charge < -0.3 is 9.47 Å². The minimum atomic E-state index is -0.890. The lowest BCUT2D eigenvalue weighted by atomic mass is 9.64. The van der Waals surface area contributed by atoms with Crippen molar-refractivity contribution in [3.05, 3.63) is 83.6 Å². The lowest BCUT2D eigenvalue weighted by Crippen LogP contribution is -2.45. The van der Waals surface area contributed by atoms with E-state index in [1.165, 1.54) is 0 Å². The Hall–Kier alpha value is -2.88. The molecule has 134 valence electrons. The normalized spacial score (nSPS) is 22.3. The smallest absolute Gasteiger partial charge is 0.374 e. The Morgan fingerprint density at radius 2 is 1.65 bits per heavy atom. The minimum Gasteiger partial charge on any atom is -0.460 e. The third kappa shape index (κ3) is 3.03. The number of hydrogen-bond acceptors (Lipinski definition) is 4. The van der Waals surface area contributed by atoms with Crippen LogP contribution in [0.5, 0.6) is 0 Å². The SMILES string of the molecule is CCOC(=O)C1=C[C@@H](c2ccccc2)[C@](CC)(c2ccccc2)C(=O)O1. The van der Waals surface area contributed by atoms with Crippen LogP contribution in [0.1, 0.15) is 37.3 Å². The predicted molar refractivity (Wildman–Crippen MR) is 98.4 cm³/mol. The fourth-order valence-electron chi connectivity index (χ4n) is 3.60. The summed E-state index contributed by atoms with van der Waals surface area (Å²) in [6.45, 7) is 3.91. The number of carbonyl (C=O) groups excluding carboxylic acids is 2. The van der Waals surface area contributed by atoms with Gasteiger partial charge in [-0.1, -0.05) is 67.6 Å². The molecule has 0 aliphatic carbocycles. The van der Waals surface area contributed by atoms with E-state index < -0.39 is 17.4 Å². The average Bonchev–Trinajstić information content (AvgIpc) is 2.69. The van der Waals surface area contributed by atoms with E-state index in [9.17, 15) is 9.59 Å². The standard InChI is InChI=1S/C22H22O4/c1-3-22(17-13-9-6-10-14-17)18(16-11-7-5-8-12-16)15-19(26-21(22)24)20(23)25-4-2/h5-15,18H,3-4H2,1-2H3/t18-,22-/m0/s1. The molecule has 4 heteroatoms. The molecule has 0 bridgehead atoms. The van der Waals surface area contributed by atoms with Crippen LogP contribution >= 0.6 is 0 Å². The lowest BCUT2D eigenvalue weighted by molar-refractivity contribution is -0.157. The second-order valence-electron chi connectivity index (χ2n) is 6.22. The molecule has 4 nitrogen and oxygen atoms in total. The van der Waals surface area contributed by atoms with Crippen LogP contribution < -0.4 is 0 Å². The minimum absolute atomic E-state index is 0.0364. The maximum Gasteiger partial charge on any atom is 0.374 e. The highest BCUT2D eigenvalue weighted by atomic mass is 16.6. The Kier molecular flexibility index (Phi) is 5.21. The number of ether oxygens (including phenoxy) is 2. The molecular formula is C22H22O4. The molecule has 3 rings (SSSR count). The Bertz CT molecular complexity index is 811. The zero-order valence-corrected chi connectivity index (χ0v) is 15.0. The van der Waals surface area contributed by atoms with E-state index in [0.717, 1.165) is 11.1 Å². The summed E-state index contributed by atoms with van der Waals surface area (Å²) in [5.74, 6) is -1.40. The van der Waals surface area contributed by atoms with E-state index in [2.05, 4.69) is 0 Å². The first-order chi connectivity index (χ1) is 12.6. The van der Waals surface area contributed by atoms with Crippen molar-refractivity contribution < 1.29 is 19.1 Å². The van der Waals surface area contributed by atoms with Crippen LogP contribution in [-0.4, -0.2) is 18.5 Å². The van der Waals surface area contributed by atoms with Crippen molar-refractivity contribution in [1.82, 2.24) is 0 Å². The van der Waals surface area contributed by atoms with Crippen molar-refractivity contribution >= 4 is 11.9 Å². The summed E-state index contributed by atoms with van der Waals surface area (Å²) in [7, 11) is 0.